The molecule has 6 aliphatic carbocycles. The minimum absolute atomic E-state index is 0.259. The summed E-state index contributed by atoms with van der Waals surface area (Å²) in [4.78, 5) is 0. The van der Waals surface area contributed by atoms with E-state index in [2.05, 4.69) is 141 Å². The van der Waals surface area contributed by atoms with E-state index in [0.29, 0.717) is 11.8 Å². The van der Waals surface area contributed by atoms with E-state index in [-0.39, 0.29) is 11.8 Å². The Bertz CT molecular complexity index is 1920. The molecule has 0 spiro atoms. The second-order valence-electron chi connectivity index (χ2n) is 11.8. The molecule has 0 N–H and O–H groups in total. The number of rotatable bonds is 0. The summed E-state index contributed by atoms with van der Waals surface area (Å²) >= 11 is 7.49. The zero-order chi connectivity index (χ0) is 26.3. The van der Waals surface area contributed by atoms with Crippen molar-refractivity contribution in [1.29, 1.82) is 0 Å². The maximum atomic E-state index is 3.74. The quantitative estimate of drug-likeness (QED) is 0.155. The van der Waals surface area contributed by atoms with Crippen molar-refractivity contribution in [1.82, 2.24) is 0 Å². The van der Waals surface area contributed by atoms with Crippen molar-refractivity contribution in [3.05, 3.63) is 185 Å². The molecule has 0 saturated carbocycles. The summed E-state index contributed by atoms with van der Waals surface area (Å²) in [6, 6.07) is 42.2. The molecule has 0 fully saturated rings. The molecule has 0 aromatic heterocycles. The van der Waals surface area contributed by atoms with Gasteiger partial charge < -0.3 is 0 Å². The predicted molar refractivity (Wildman–Crippen MR) is 169 cm³/mol. The summed E-state index contributed by atoms with van der Waals surface area (Å²) in [5.74, 6) is 1.12. The Balaban J connectivity index is 1.28. The van der Waals surface area contributed by atoms with Crippen molar-refractivity contribution in [2.24, 2.45) is 0 Å². The first-order valence-electron chi connectivity index (χ1n) is 14.0. The van der Waals surface area contributed by atoms with E-state index in [0.717, 1.165) is 8.95 Å². The molecule has 0 amide bonds. The minimum atomic E-state index is 0.259. The highest BCUT2D eigenvalue weighted by molar-refractivity contribution is 9.13. The number of halogens is 2. The molecule has 4 bridgehead atoms. The lowest BCUT2D eigenvalue weighted by atomic mass is 9.56. The normalized spacial score (nSPS) is 21.8. The van der Waals surface area contributed by atoms with Gasteiger partial charge in [-0.3, -0.25) is 0 Å². The average Bonchev–Trinajstić information content (AvgIpc) is 2.99. The zero-order valence-corrected chi connectivity index (χ0v) is 24.6. The Morgan fingerprint density at radius 3 is 0.850 bits per heavy atom. The Morgan fingerprint density at radius 1 is 0.300 bits per heavy atom. The molecule has 0 saturated heterocycles. The fourth-order valence-electron chi connectivity index (χ4n) is 8.62. The summed E-state index contributed by atoms with van der Waals surface area (Å²) < 4.78 is 2.20. The highest BCUT2D eigenvalue weighted by atomic mass is 79.9. The lowest BCUT2D eigenvalue weighted by Gasteiger charge is -2.46. The fraction of sp³-hybridized carbons (Fsp3) is 0.105. The van der Waals surface area contributed by atoms with Crippen LogP contribution in [0.1, 0.15) is 90.4 Å². The first-order chi connectivity index (χ1) is 19.7. The van der Waals surface area contributed by atoms with Crippen LogP contribution in [0.25, 0.3) is 10.8 Å². The molecule has 188 valence electrons. The van der Waals surface area contributed by atoms with E-state index in [1.165, 1.54) is 77.5 Å². The van der Waals surface area contributed by atoms with E-state index >= 15 is 0 Å². The van der Waals surface area contributed by atoms with Crippen LogP contribution in [0.5, 0.6) is 0 Å². The minimum Gasteiger partial charge on any atom is -0.0619 e. The number of fused-ring (bicyclic) bond motifs is 1. The van der Waals surface area contributed by atoms with Crippen LogP contribution in [-0.4, -0.2) is 0 Å². The SMILES string of the molecule is Brc1cc2cc3c(cc2cc1Br)C1c2ccccc2C3c2cc3c(cc21)C1c2ccccc2C3c2ccccc21. The molecule has 6 aromatic carbocycles. The lowest BCUT2D eigenvalue weighted by molar-refractivity contribution is 0.717. The standard InChI is InChI=1S/C38H22Br2/c39-33-15-19-13-27-28(14-20(19)16-34(33)40)38-26-12-6-5-11-25(26)37(27)31-17-29-30(18-32(31)38)36-22-8-2-1-7-21(22)35(29)23-9-3-4-10-24(23)36/h1-18,35-38H. The first kappa shape index (κ1) is 22.3. The van der Waals surface area contributed by atoms with Crippen molar-refractivity contribution in [2.75, 3.05) is 0 Å². The van der Waals surface area contributed by atoms with Crippen LogP contribution in [0, 0.1) is 0 Å². The average molecular weight is 638 g/mol. The van der Waals surface area contributed by atoms with E-state index < -0.39 is 0 Å². The third kappa shape index (κ3) is 2.63. The van der Waals surface area contributed by atoms with Crippen LogP contribution in [0.15, 0.2) is 118 Å². The van der Waals surface area contributed by atoms with Gasteiger partial charge in [-0.15, -0.1) is 0 Å². The lowest BCUT2D eigenvalue weighted by Crippen LogP contribution is -2.31. The van der Waals surface area contributed by atoms with Crippen LogP contribution in [-0.2, 0) is 0 Å². The third-order valence-corrected chi connectivity index (χ3v) is 11.9. The molecule has 12 rings (SSSR count). The molecule has 2 atom stereocenters. The number of benzene rings is 6. The third-order valence-electron chi connectivity index (χ3n) is 10.1. The van der Waals surface area contributed by atoms with Crippen LogP contribution in [0.3, 0.4) is 0 Å². The summed E-state index contributed by atoms with van der Waals surface area (Å²) in [6.45, 7) is 0. The van der Waals surface area contributed by atoms with Crippen molar-refractivity contribution < 1.29 is 0 Å². The highest BCUT2D eigenvalue weighted by Crippen LogP contribution is 2.61. The topological polar surface area (TPSA) is 0 Å². The summed E-state index contributed by atoms with van der Waals surface area (Å²) in [6.07, 6.45) is 0. The highest BCUT2D eigenvalue weighted by Gasteiger charge is 2.46. The molecule has 0 heterocycles. The molecule has 6 aromatic rings. The van der Waals surface area contributed by atoms with Crippen molar-refractivity contribution in [3.63, 3.8) is 0 Å². The van der Waals surface area contributed by atoms with Gasteiger partial charge in [-0.1, -0.05) is 84.9 Å². The molecule has 2 unspecified atom stereocenters. The Morgan fingerprint density at radius 2 is 0.550 bits per heavy atom. The maximum absolute atomic E-state index is 3.74. The second kappa shape index (κ2) is 7.63. The van der Waals surface area contributed by atoms with Gasteiger partial charge in [0.15, 0.2) is 0 Å². The van der Waals surface area contributed by atoms with Crippen molar-refractivity contribution in [2.45, 2.75) is 23.7 Å². The van der Waals surface area contributed by atoms with Gasteiger partial charge in [-0.25, -0.2) is 0 Å². The Kier molecular flexibility index (Phi) is 4.25. The van der Waals surface area contributed by atoms with Gasteiger partial charge in [0.2, 0.25) is 0 Å². The van der Waals surface area contributed by atoms with Crippen LogP contribution in [0.2, 0.25) is 0 Å². The molecule has 0 aliphatic heterocycles. The first-order valence-corrected chi connectivity index (χ1v) is 15.6. The smallest absolute Gasteiger partial charge is 0.0349 e. The van der Waals surface area contributed by atoms with Crippen LogP contribution < -0.4 is 0 Å². The molecule has 6 aliphatic rings. The second-order valence-corrected chi connectivity index (χ2v) is 13.5. The molecule has 0 radical (unpaired) electrons. The molecular formula is C38H22Br2. The molecule has 40 heavy (non-hydrogen) atoms. The van der Waals surface area contributed by atoms with E-state index in [9.17, 15) is 0 Å². The van der Waals surface area contributed by atoms with Gasteiger partial charge in [-0.05, 0) is 134 Å². The summed E-state index contributed by atoms with van der Waals surface area (Å²) in [5, 5.41) is 2.58. The fourth-order valence-corrected chi connectivity index (χ4v) is 9.34. The maximum Gasteiger partial charge on any atom is 0.0349 e. The molecule has 2 heteroatoms. The zero-order valence-electron chi connectivity index (χ0n) is 21.5. The molecular weight excluding hydrogens is 616 g/mol. The van der Waals surface area contributed by atoms with E-state index in [1.54, 1.807) is 0 Å². The Labute approximate surface area is 250 Å². The van der Waals surface area contributed by atoms with E-state index in [4.69, 9.17) is 0 Å². The van der Waals surface area contributed by atoms with Gasteiger partial charge in [-0.2, -0.15) is 0 Å². The van der Waals surface area contributed by atoms with Crippen LogP contribution >= 0.6 is 31.9 Å². The van der Waals surface area contributed by atoms with Gasteiger partial charge in [0.05, 0.1) is 0 Å². The molecule has 0 nitrogen and oxygen atoms in total. The van der Waals surface area contributed by atoms with Crippen molar-refractivity contribution in [3.8, 4) is 0 Å². The van der Waals surface area contributed by atoms with Gasteiger partial charge in [0.1, 0.15) is 0 Å². The summed E-state index contributed by atoms with van der Waals surface area (Å²) in [5.41, 5.74) is 17.9. The van der Waals surface area contributed by atoms with Crippen LogP contribution in [0.4, 0.5) is 0 Å². The Hall–Kier alpha value is -3.46. The monoisotopic (exact) mass is 636 g/mol. The predicted octanol–water partition coefficient (Wildman–Crippen LogP) is 10.3. The number of hydrogen-bond acceptors (Lipinski definition) is 0. The number of hydrogen-bond donors (Lipinski definition) is 0. The largest absolute Gasteiger partial charge is 0.0619 e. The van der Waals surface area contributed by atoms with Gasteiger partial charge >= 0.3 is 0 Å². The van der Waals surface area contributed by atoms with Gasteiger partial charge in [0.25, 0.3) is 0 Å². The van der Waals surface area contributed by atoms with E-state index in [1.807, 2.05) is 0 Å². The summed E-state index contributed by atoms with van der Waals surface area (Å²) in [7, 11) is 0. The van der Waals surface area contributed by atoms with Crippen molar-refractivity contribution >= 4 is 42.6 Å². The van der Waals surface area contributed by atoms with Gasteiger partial charge in [0, 0.05) is 32.6 Å².